The van der Waals surface area contributed by atoms with E-state index in [0.29, 0.717) is 17.2 Å². The molecule has 0 aliphatic carbocycles. The predicted octanol–water partition coefficient (Wildman–Crippen LogP) is 5.47. The molecule has 2 N–H and O–H groups in total. The first kappa shape index (κ1) is 20.9. The molecular weight excluding hydrogens is 352 g/mol. The summed E-state index contributed by atoms with van der Waals surface area (Å²) in [6, 6.07) is 11.4. The summed E-state index contributed by atoms with van der Waals surface area (Å²) < 4.78 is 10.6. The van der Waals surface area contributed by atoms with Crippen LogP contribution in [0.15, 0.2) is 48.7 Å². The molecule has 6 heteroatoms. The van der Waals surface area contributed by atoms with Gasteiger partial charge in [0.05, 0.1) is 37.1 Å². The minimum atomic E-state index is 0.676. The van der Waals surface area contributed by atoms with Crippen molar-refractivity contribution in [2.45, 2.75) is 20.8 Å². The van der Waals surface area contributed by atoms with Crippen molar-refractivity contribution in [1.29, 1.82) is 5.41 Å². The Balaban J connectivity index is 0.00000136. The molecule has 0 saturated heterocycles. The van der Waals surface area contributed by atoms with Crippen molar-refractivity contribution in [3.05, 3.63) is 54.4 Å². The fourth-order valence-corrected chi connectivity index (χ4v) is 2.58. The number of aromatic nitrogens is 2. The lowest BCUT2D eigenvalue weighted by Crippen LogP contribution is -1.96. The van der Waals surface area contributed by atoms with E-state index in [-0.39, 0.29) is 0 Å². The summed E-state index contributed by atoms with van der Waals surface area (Å²) in [6.45, 7) is 5.88. The quantitative estimate of drug-likeness (QED) is 0.556. The van der Waals surface area contributed by atoms with Gasteiger partial charge < -0.3 is 20.2 Å². The van der Waals surface area contributed by atoms with Crippen LogP contribution in [0.25, 0.3) is 16.6 Å². The van der Waals surface area contributed by atoms with Crippen LogP contribution in [0.5, 0.6) is 11.5 Å². The molecule has 6 nitrogen and oxygen atoms in total. The van der Waals surface area contributed by atoms with Crippen molar-refractivity contribution in [1.82, 2.24) is 9.97 Å². The first-order valence-electron chi connectivity index (χ1n) is 9.11. The Morgan fingerprint density at radius 1 is 0.964 bits per heavy atom. The van der Waals surface area contributed by atoms with Crippen molar-refractivity contribution in [3.63, 3.8) is 0 Å². The van der Waals surface area contributed by atoms with Gasteiger partial charge in [-0.15, -0.1) is 0 Å². The second kappa shape index (κ2) is 10.1. The van der Waals surface area contributed by atoms with Gasteiger partial charge in [-0.25, -0.2) is 4.98 Å². The molecule has 3 aromatic rings. The Bertz CT molecular complexity index is 961. The van der Waals surface area contributed by atoms with Crippen molar-refractivity contribution in [3.8, 4) is 11.5 Å². The van der Waals surface area contributed by atoms with E-state index in [0.717, 1.165) is 28.0 Å². The highest BCUT2D eigenvalue weighted by Crippen LogP contribution is 2.29. The van der Waals surface area contributed by atoms with Crippen LogP contribution in [0.4, 0.5) is 11.4 Å². The topological polar surface area (TPSA) is 80.1 Å². The van der Waals surface area contributed by atoms with Crippen molar-refractivity contribution >= 4 is 34.2 Å². The van der Waals surface area contributed by atoms with Gasteiger partial charge in [0.1, 0.15) is 11.5 Å². The number of hydrogen-bond donors (Lipinski definition) is 2. The Kier molecular flexibility index (Phi) is 7.51. The Hall–Kier alpha value is -3.41. The molecule has 0 aliphatic heterocycles. The standard InChI is InChI=1S/C20H20N4O2.C2H6/c1-4-13(11-21)20-12-22-18-6-5-14(9-19(18)24-20)23-15-7-16(25-2)10-17(8-15)26-3;1-2/h4-12,21,23H,1-3H3;1-2H3/b13-4+,21-11?;. The third kappa shape index (κ3) is 4.85. The predicted molar refractivity (Wildman–Crippen MR) is 116 cm³/mol. The number of nitrogens with zero attached hydrogens (tertiary/aromatic N) is 2. The lowest BCUT2D eigenvalue weighted by Gasteiger charge is -2.11. The monoisotopic (exact) mass is 378 g/mol. The van der Waals surface area contributed by atoms with Gasteiger partial charge in [0.2, 0.25) is 0 Å². The molecule has 1 heterocycles. The van der Waals surface area contributed by atoms with E-state index < -0.39 is 0 Å². The molecule has 0 aliphatic rings. The van der Waals surface area contributed by atoms with Gasteiger partial charge in [0.25, 0.3) is 0 Å². The van der Waals surface area contributed by atoms with Gasteiger partial charge in [-0.05, 0) is 25.1 Å². The van der Waals surface area contributed by atoms with E-state index in [1.165, 1.54) is 6.21 Å². The largest absolute Gasteiger partial charge is 0.497 e. The van der Waals surface area contributed by atoms with Gasteiger partial charge in [-0.1, -0.05) is 19.9 Å². The Labute approximate surface area is 165 Å². The fourth-order valence-electron chi connectivity index (χ4n) is 2.58. The summed E-state index contributed by atoms with van der Waals surface area (Å²) in [4.78, 5) is 9.04. The van der Waals surface area contributed by atoms with Gasteiger partial charge in [0, 0.05) is 41.4 Å². The van der Waals surface area contributed by atoms with E-state index >= 15 is 0 Å². The van der Waals surface area contributed by atoms with Crippen LogP contribution < -0.4 is 14.8 Å². The maximum Gasteiger partial charge on any atom is 0.124 e. The summed E-state index contributed by atoms with van der Waals surface area (Å²) in [5.41, 5.74) is 4.67. The van der Waals surface area contributed by atoms with E-state index in [1.54, 1.807) is 20.4 Å². The number of allylic oxidation sites excluding steroid dienone is 2. The number of fused-ring (bicyclic) bond motifs is 1. The smallest absolute Gasteiger partial charge is 0.124 e. The number of hydrogen-bond acceptors (Lipinski definition) is 6. The highest BCUT2D eigenvalue weighted by molar-refractivity contribution is 6.07. The van der Waals surface area contributed by atoms with Crippen LogP contribution in [0.2, 0.25) is 0 Å². The second-order valence-corrected chi connectivity index (χ2v) is 5.57. The summed E-state index contributed by atoms with van der Waals surface area (Å²) in [5.74, 6) is 1.41. The first-order valence-corrected chi connectivity index (χ1v) is 9.11. The van der Waals surface area contributed by atoms with E-state index in [4.69, 9.17) is 14.9 Å². The van der Waals surface area contributed by atoms with Crippen molar-refractivity contribution in [2.75, 3.05) is 19.5 Å². The lowest BCUT2D eigenvalue weighted by atomic mass is 10.2. The molecule has 0 spiro atoms. The zero-order chi connectivity index (χ0) is 20.5. The number of nitrogens with one attached hydrogen (secondary N) is 2. The molecule has 0 fully saturated rings. The molecule has 0 bridgehead atoms. The average molecular weight is 378 g/mol. The summed E-state index contributed by atoms with van der Waals surface area (Å²) in [7, 11) is 3.24. The highest BCUT2D eigenvalue weighted by Gasteiger charge is 2.06. The van der Waals surface area contributed by atoms with Crippen LogP contribution in [0.3, 0.4) is 0 Å². The Morgan fingerprint density at radius 3 is 2.21 bits per heavy atom. The molecule has 0 radical (unpaired) electrons. The molecule has 146 valence electrons. The number of methoxy groups -OCH3 is 2. The number of rotatable bonds is 6. The molecule has 0 amide bonds. The maximum absolute atomic E-state index is 7.48. The van der Waals surface area contributed by atoms with Crippen LogP contribution in [0.1, 0.15) is 26.5 Å². The number of benzene rings is 2. The van der Waals surface area contributed by atoms with Crippen LogP contribution in [-0.2, 0) is 0 Å². The zero-order valence-electron chi connectivity index (χ0n) is 16.9. The maximum atomic E-state index is 7.48. The first-order chi connectivity index (χ1) is 13.7. The highest BCUT2D eigenvalue weighted by atomic mass is 16.5. The third-order valence-corrected chi connectivity index (χ3v) is 3.94. The lowest BCUT2D eigenvalue weighted by molar-refractivity contribution is 0.395. The second-order valence-electron chi connectivity index (χ2n) is 5.57. The molecule has 3 rings (SSSR count). The fraction of sp³-hybridized carbons (Fsp3) is 0.227. The molecule has 2 aromatic carbocycles. The van der Waals surface area contributed by atoms with E-state index in [1.807, 2.05) is 63.2 Å². The van der Waals surface area contributed by atoms with Gasteiger partial charge in [-0.2, -0.15) is 0 Å². The zero-order valence-corrected chi connectivity index (χ0v) is 16.9. The summed E-state index contributed by atoms with van der Waals surface area (Å²) in [5, 5.41) is 10.8. The van der Waals surface area contributed by atoms with E-state index in [2.05, 4.69) is 15.3 Å². The molecule has 0 saturated carbocycles. The molecule has 28 heavy (non-hydrogen) atoms. The molecule has 0 unspecified atom stereocenters. The number of anilines is 2. The van der Waals surface area contributed by atoms with Gasteiger partial charge >= 0.3 is 0 Å². The normalized spacial score (nSPS) is 10.7. The summed E-state index contributed by atoms with van der Waals surface area (Å²) in [6.07, 6.45) is 4.80. The van der Waals surface area contributed by atoms with Gasteiger partial charge in [-0.3, -0.25) is 4.98 Å². The number of ether oxygens (including phenoxy) is 2. The van der Waals surface area contributed by atoms with Crippen LogP contribution in [0, 0.1) is 5.41 Å². The van der Waals surface area contributed by atoms with Crippen molar-refractivity contribution in [2.24, 2.45) is 0 Å². The molecule has 1 aromatic heterocycles. The Morgan fingerprint density at radius 2 is 1.64 bits per heavy atom. The minimum absolute atomic E-state index is 0.676. The van der Waals surface area contributed by atoms with Crippen LogP contribution >= 0.6 is 0 Å². The SMILES string of the molecule is C/C=C(\C=N)c1cnc2ccc(Nc3cc(OC)cc(OC)c3)cc2n1.CC. The summed E-state index contributed by atoms with van der Waals surface area (Å²) >= 11 is 0. The van der Waals surface area contributed by atoms with Crippen molar-refractivity contribution < 1.29 is 9.47 Å². The molecular formula is C22H26N4O2. The van der Waals surface area contributed by atoms with Gasteiger partial charge in [0.15, 0.2) is 0 Å². The minimum Gasteiger partial charge on any atom is -0.497 e. The third-order valence-electron chi connectivity index (χ3n) is 3.94. The average Bonchev–Trinajstić information content (AvgIpc) is 2.75. The molecule has 0 atom stereocenters. The van der Waals surface area contributed by atoms with E-state index in [9.17, 15) is 0 Å². The van der Waals surface area contributed by atoms with Crippen LogP contribution in [-0.4, -0.2) is 30.4 Å².